The van der Waals surface area contributed by atoms with E-state index in [0.29, 0.717) is 17.7 Å². The van der Waals surface area contributed by atoms with Gasteiger partial charge in [-0.1, -0.05) is 24.3 Å². The van der Waals surface area contributed by atoms with Crippen LogP contribution < -0.4 is 10.6 Å². The van der Waals surface area contributed by atoms with Gasteiger partial charge in [0.25, 0.3) is 11.8 Å². The summed E-state index contributed by atoms with van der Waals surface area (Å²) in [5.74, 6) is -0.746. The molecule has 2 N–H and O–H groups in total. The van der Waals surface area contributed by atoms with Gasteiger partial charge in [0.05, 0.1) is 0 Å². The normalized spacial score (nSPS) is 10.9. The molecule has 0 atom stereocenters. The Bertz CT molecular complexity index is 926. The standard InChI is InChI=1S/C21H18N4O2/c26-20(18-6-2-1-3-7-18)25-19(13-17-5-4-10-23-14-17)21(27)24-15-16-8-11-22-12-9-16/h1-14H,15H2,(H,24,27)(H,25,26)/b19-13+. The third-order valence-corrected chi connectivity index (χ3v) is 3.73. The molecule has 0 saturated carbocycles. The van der Waals surface area contributed by atoms with E-state index in [1.807, 2.05) is 18.2 Å². The molecule has 3 aromatic rings. The molecule has 0 aliphatic heterocycles. The molecule has 0 fully saturated rings. The number of amides is 2. The zero-order valence-electron chi connectivity index (χ0n) is 14.5. The highest BCUT2D eigenvalue weighted by Crippen LogP contribution is 2.07. The van der Waals surface area contributed by atoms with Crippen molar-refractivity contribution in [1.82, 2.24) is 20.6 Å². The van der Waals surface area contributed by atoms with Gasteiger partial charge in [0.2, 0.25) is 0 Å². The minimum absolute atomic E-state index is 0.144. The number of carbonyl (C=O) groups excluding carboxylic acids is 2. The highest BCUT2D eigenvalue weighted by molar-refractivity contribution is 6.05. The molecule has 0 saturated heterocycles. The third kappa shape index (κ3) is 5.34. The van der Waals surface area contributed by atoms with Crippen LogP contribution in [0.25, 0.3) is 6.08 Å². The zero-order valence-corrected chi connectivity index (χ0v) is 14.5. The Morgan fingerprint density at radius 3 is 2.37 bits per heavy atom. The van der Waals surface area contributed by atoms with E-state index in [0.717, 1.165) is 5.56 Å². The number of hydrogen-bond donors (Lipinski definition) is 2. The summed E-state index contributed by atoms with van der Waals surface area (Å²) in [4.78, 5) is 33.1. The molecule has 0 radical (unpaired) electrons. The number of pyridine rings is 2. The number of nitrogens with one attached hydrogen (secondary N) is 2. The molecule has 3 rings (SSSR count). The molecule has 6 nitrogen and oxygen atoms in total. The number of rotatable bonds is 6. The molecule has 2 heterocycles. The Balaban J connectivity index is 1.78. The highest BCUT2D eigenvalue weighted by atomic mass is 16.2. The average molecular weight is 358 g/mol. The number of hydrogen-bond acceptors (Lipinski definition) is 4. The van der Waals surface area contributed by atoms with Crippen LogP contribution >= 0.6 is 0 Å². The second kappa shape index (κ2) is 9.05. The van der Waals surface area contributed by atoms with Crippen molar-refractivity contribution in [3.05, 3.63) is 102 Å². The van der Waals surface area contributed by atoms with E-state index in [2.05, 4.69) is 20.6 Å². The molecule has 6 heteroatoms. The maximum absolute atomic E-state index is 12.7. The maximum Gasteiger partial charge on any atom is 0.268 e. The van der Waals surface area contributed by atoms with Crippen LogP contribution in [0, 0.1) is 0 Å². The van der Waals surface area contributed by atoms with Crippen LogP contribution in [0.1, 0.15) is 21.5 Å². The average Bonchev–Trinajstić information content (AvgIpc) is 2.73. The largest absolute Gasteiger partial charge is 0.347 e. The number of aromatic nitrogens is 2. The third-order valence-electron chi connectivity index (χ3n) is 3.73. The van der Waals surface area contributed by atoms with Crippen LogP contribution in [0.4, 0.5) is 0 Å². The van der Waals surface area contributed by atoms with Gasteiger partial charge in [-0.2, -0.15) is 0 Å². The summed E-state index contributed by atoms with van der Waals surface area (Å²) < 4.78 is 0. The SMILES string of the molecule is O=C(NCc1ccncc1)/C(=C\c1cccnc1)NC(=O)c1ccccc1. The Hall–Kier alpha value is -3.80. The molecule has 0 bridgehead atoms. The second-order valence-corrected chi connectivity index (χ2v) is 5.70. The molecule has 134 valence electrons. The van der Waals surface area contributed by atoms with Gasteiger partial charge in [-0.3, -0.25) is 19.6 Å². The molecule has 0 spiro atoms. The van der Waals surface area contributed by atoms with E-state index in [1.165, 1.54) is 0 Å². The lowest BCUT2D eigenvalue weighted by molar-refractivity contribution is -0.117. The number of nitrogens with zero attached hydrogens (tertiary/aromatic N) is 2. The van der Waals surface area contributed by atoms with Crippen LogP contribution in [0.2, 0.25) is 0 Å². The maximum atomic E-state index is 12.7. The molecule has 0 aliphatic rings. The van der Waals surface area contributed by atoms with Crippen LogP contribution in [-0.4, -0.2) is 21.8 Å². The van der Waals surface area contributed by atoms with Gasteiger partial charge < -0.3 is 10.6 Å². The zero-order chi connectivity index (χ0) is 18.9. The Morgan fingerprint density at radius 1 is 0.889 bits per heavy atom. The summed E-state index contributed by atoms with van der Waals surface area (Å²) in [5.41, 5.74) is 2.23. The van der Waals surface area contributed by atoms with Crippen molar-refractivity contribution < 1.29 is 9.59 Å². The van der Waals surface area contributed by atoms with Gasteiger partial charge in [0, 0.05) is 36.9 Å². The summed E-state index contributed by atoms with van der Waals surface area (Å²) in [5, 5.41) is 5.49. The first kappa shape index (κ1) is 18.0. The van der Waals surface area contributed by atoms with E-state index in [4.69, 9.17) is 0 Å². The van der Waals surface area contributed by atoms with Crippen molar-refractivity contribution in [2.75, 3.05) is 0 Å². The summed E-state index contributed by atoms with van der Waals surface area (Å²) in [6, 6.07) is 15.9. The molecule has 2 aromatic heterocycles. The van der Waals surface area contributed by atoms with Crippen LogP contribution in [-0.2, 0) is 11.3 Å². The second-order valence-electron chi connectivity index (χ2n) is 5.70. The van der Waals surface area contributed by atoms with Crippen molar-refractivity contribution in [1.29, 1.82) is 0 Å². The first-order valence-corrected chi connectivity index (χ1v) is 8.37. The lowest BCUT2D eigenvalue weighted by atomic mass is 10.2. The van der Waals surface area contributed by atoms with Gasteiger partial charge >= 0.3 is 0 Å². The van der Waals surface area contributed by atoms with Crippen molar-refractivity contribution >= 4 is 17.9 Å². The van der Waals surface area contributed by atoms with Gasteiger partial charge in [-0.05, 0) is 47.5 Å². The fraction of sp³-hybridized carbons (Fsp3) is 0.0476. The minimum atomic E-state index is -0.389. The van der Waals surface area contributed by atoms with Gasteiger partial charge in [0.1, 0.15) is 5.70 Å². The van der Waals surface area contributed by atoms with Crippen LogP contribution in [0.15, 0.2) is 85.1 Å². The molecule has 2 amide bonds. The topological polar surface area (TPSA) is 84.0 Å². The molecular formula is C21H18N4O2. The number of carbonyl (C=O) groups is 2. The monoisotopic (exact) mass is 358 g/mol. The summed E-state index contributed by atoms with van der Waals surface area (Å²) in [6.45, 7) is 0.326. The molecular weight excluding hydrogens is 340 g/mol. The summed E-state index contributed by atoms with van der Waals surface area (Å²) >= 11 is 0. The van der Waals surface area contributed by atoms with Crippen LogP contribution in [0.5, 0.6) is 0 Å². The van der Waals surface area contributed by atoms with Crippen molar-refractivity contribution in [3.8, 4) is 0 Å². The molecule has 0 aliphatic carbocycles. The quantitative estimate of drug-likeness (QED) is 0.664. The van der Waals surface area contributed by atoms with E-state index >= 15 is 0 Å². The fourth-order valence-corrected chi connectivity index (χ4v) is 2.35. The number of benzene rings is 1. The molecule has 0 unspecified atom stereocenters. The van der Waals surface area contributed by atoms with Crippen molar-refractivity contribution in [2.45, 2.75) is 6.54 Å². The smallest absolute Gasteiger partial charge is 0.268 e. The first-order chi connectivity index (χ1) is 13.2. The van der Waals surface area contributed by atoms with Crippen molar-refractivity contribution in [3.63, 3.8) is 0 Å². The molecule has 1 aromatic carbocycles. The Labute approximate surface area is 157 Å². The van der Waals surface area contributed by atoms with Gasteiger partial charge in [-0.25, -0.2) is 0 Å². The van der Waals surface area contributed by atoms with Gasteiger partial charge in [-0.15, -0.1) is 0 Å². The summed E-state index contributed by atoms with van der Waals surface area (Å²) in [6.07, 6.45) is 8.17. The summed E-state index contributed by atoms with van der Waals surface area (Å²) in [7, 11) is 0. The minimum Gasteiger partial charge on any atom is -0.347 e. The van der Waals surface area contributed by atoms with Crippen LogP contribution in [0.3, 0.4) is 0 Å². The Kier molecular flexibility index (Phi) is 6.04. The highest BCUT2D eigenvalue weighted by Gasteiger charge is 2.14. The first-order valence-electron chi connectivity index (χ1n) is 8.37. The lowest BCUT2D eigenvalue weighted by Crippen LogP contribution is -2.34. The predicted octanol–water partition coefficient (Wildman–Crippen LogP) is 2.56. The lowest BCUT2D eigenvalue weighted by Gasteiger charge is -2.11. The van der Waals surface area contributed by atoms with Gasteiger partial charge in [0.15, 0.2) is 0 Å². The fourth-order valence-electron chi connectivity index (χ4n) is 2.35. The molecule has 27 heavy (non-hydrogen) atoms. The van der Waals surface area contributed by atoms with E-state index < -0.39 is 0 Å². The predicted molar refractivity (Wildman–Crippen MR) is 102 cm³/mol. The van der Waals surface area contributed by atoms with E-state index in [9.17, 15) is 9.59 Å². The van der Waals surface area contributed by atoms with Crippen molar-refractivity contribution in [2.24, 2.45) is 0 Å². The Morgan fingerprint density at radius 2 is 1.67 bits per heavy atom. The van der Waals surface area contributed by atoms with E-state index in [-0.39, 0.29) is 17.5 Å². The van der Waals surface area contributed by atoms with E-state index in [1.54, 1.807) is 67.3 Å².